The standard InChI is InChI=1S/C10H8O8S2/c11-7-1-5-2-8(12)10(20(14,15)16)4-6(5)3-9(7)19-18-17-13/h1-4,11-13H,(H,14,15,16)/p-2. The Hall–Kier alpha value is -1.56. The average molecular weight is 318 g/mol. The molecule has 10 heteroatoms. The number of phenols is 1. The highest BCUT2D eigenvalue weighted by Crippen LogP contribution is 2.36. The van der Waals surface area contributed by atoms with E-state index in [9.17, 15) is 23.2 Å². The number of hydrogen-bond acceptors (Lipinski definition) is 9. The van der Waals surface area contributed by atoms with Crippen molar-refractivity contribution in [2.24, 2.45) is 0 Å². The van der Waals surface area contributed by atoms with Crippen LogP contribution in [0.3, 0.4) is 0 Å². The predicted molar refractivity (Wildman–Crippen MR) is 63.7 cm³/mol. The van der Waals surface area contributed by atoms with Crippen LogP contribution in [0.25, 0.3) is 10.8 Å². The van der Waals surface area contributed by atoms with E-state index in [1.807, 2.05) is 0 Å². The highest BCUT2D eigenvalue weighted by Gasteiger charge is 2.10. The minimum Gasteiger partial charge on any atom is -0.872 e. The number of fused-ring (bicyclic) bond motifs is 1. The van der Waals surface area contributed by atoms with Crippen molar-refractivity contribution in [3.05, 3.63) is 24.3 Å². The molecule has 0 amide bonds. The molecular formula is C10H6O8S2-2. The van der Waals surface area contributed by atoms with Gasteiger partial charge in [0.15, 0.2) is 0 Å². The maximum Gasteiger partial charge on any atom is 0.132 e. The van der Waals surface area contributed by atoms with Crippen molar-refractivity contribution in [1.82, 2.24) is 0 Å². The second-order valence-electron chi connectivity index (χ2n) is 3.65. The average Bonchev–Trinajstić information content (AvgIpc) is 2.34. The summed E-state index contributed by atoms with van der Waals surface area (Å²) in [7, 11) is -4.89. The molecule has 0 aliphatic rings. The van der Waals surface area contributed by atoms with Crippen LogP contribution in [0.4, 0.5) is 0 Å². The van der Waals surface area contributed by atoms with Crippen molar-refractivity contribution >= 4 is 32.9 Å². The molecule has 0 unspecified atom stereocenters. The Balaban J connectivity index is 2.63. The summed E-state index contributed by atoms with van der Waals surface area (Å²) in [6.45, 7) is 0. The van der Waals surface area contributed by atoms with Gasteiger partial charge in [-0.3, -0.25) is 0 Å². The van der Waals surface area contributed by atoms with Crippen molar-refractivity contribution < 1.29 is 37.8 Å². The number of hydrogen-bond donors (Lipinski definition) is 2. The van der Waals surface area contributed by atoms with Gasteiger partial charge in [-0.2, -0.15) is 0 Å². The molecule has 0 radical (unpaired) electrons. The lowest BCUT2D eigenvalue weighted by Crippen LogP contribution is -2.04. The Labute approximate surface area is 117 Å². The van der Waals surface area contributed by atoms with Gasteiger partial charge in [0.25, 0.3) is 0 Å². The lowest BCUT2D eigenvalue weighted by Gasteiger charge is -2.17. The molecule has 108 valence electrons. The van der Waals surface area contributed by atoms with Crippen LogP contribution in [0.15, 0.2) is 34.1 Å². The normalized spacial score (nSPS) is 11.9. The molecule has 8 nitrogen and oxygen atoms in total. The highest BCUT2D eigenvalue weighted by atomic mass is 32.2. The minimum absolute atomic E-state index is 0.0828. The first-order chi connectivity index (χ1) is 9.32. The van der Waals surface area contributed by atoms with Crippen molar-refractivity contribution in [2.45, 2.75) is 9.79 Å². The third-order valence-corrected chi connectivity index (χ3v) is 3.90. The van der Waals surface area contributed by atoms with Gasteiger partial charge in [0, 0.05) is 4.90 Å². The molecule has 2 rings (SSSR count). The van der Waals surface area contributed by atoms with Crippen molar-refractivity contribution in [3.8, 4) is 11.5 Å². The Morgan fingerprint density at radius 1 is 1.15 bits per heavy atom. The maximum atomic E-state index is 11.5. The fourth-order valence-corrected chi connectivity index (χ4v) is 2.59. The topological polar surface area (TPSA) is 139 Å². The van der Waals surface area contributed by atoms with E-state index in [0.717, 1.165) is 12.1 Å². The molecule has 0 spiro atoms. The zero-order valence-corrected chi connectivity index (χ0v) is 11.1. The Bertz CT molecular complexity index is 755. The summed E-state index contributed by atoms with van der Waals surface area (Å²) in [5.74, 6) is -1.24. The first kappa shape index (κ1) is 14.8. The summed E-state index contributed by atoms with van der Waals surface area (Å²) in [6, 6.07) is 4.28. The Kier molecular flexibility index (Phi) is 4.04. The lowest BCUT2D eigenvalue weighted by atomic mass is 10.1. The second kappa shape index (κ2) is 5.44. The van der Waals surface area contributed by atoms with E-state index in [4.69, 9.17) is 5.26 Å². The van der Waals surface area contributed by atoms with Gasteiger partial charge >= 0.3 is 0 Å². The molecule has 0 fully saturated rings. The first-order valence-corrected chi connectivity index (χ1v) is 7.06. The van der Waals surface area contributed by atoms with E-state index in [0.29, 0.717) is 12.0 Å². The lowest BCUT2D eigenvalue weighted by molar-refractivity contribution is -0.432. The van der Waals surface area contributed by atoms with Crippen LogP contribution >= 0.6 is 12.0 Å². The monoisotopic (exact) mass is 318 g/mol. The summed E-state index contributed by atoms with van der Waals surface area (Å²) in [5.41, 5.74) is 0. The zero-order chi connectivity index (χ0) is 14.9. The third kappa shape index (κ3) is 2.95. The van der Waals surface area contributed by atoms with Crippen LogP contribution in [0.5, 0.6) is 11.5 Å². The molecule has 0 bridgehead atoms. The smallest absolute Gasteiger partial charge is 0.132 e. The molecule has 0 saturated carbocycles. The first-order valence-electron chi connectivity index (χ1n) is 4.91. The van der Waals surface area contributed by atoms with Crippen molar-refractivity contribution in [2.75, 3.05) is 0 Å². The predicted octanol–water partition coefficient (Wildman–Crippen LogP) is 0.951. The van der Waals surface area contributed by atoms with Crippen molar-refractivity contribution in [3.63, 3.8) is 0 Å². The van der Waals surface area contributed by atoms with E-state index in [-0.39, 0.29) is 21.4 Å². The molecule has 0 aliphatic heterocycles. The van der Waals surface area contributed by atoms with Crippen LogP contribution in [0.1, 0.15) is 0 Å². The van der Waals surface area contributed by atoms with E-state index in [1.165, 1.54) is 12.1 Å². The highest BCUT2D eigenvalue weighted by molar-refractivity contribution is 7.94. The van der Waals surface area contributed by atoms with Gasteiger partial charge in [-0.15, -0.1) is 4.33 Å². The molecular weight excluding hydrogens is 312 g/mol. The largest absolute Gasteiger partial charge is 0.872 e. The van der Waals surface area contributed by atoms with E-state index < -0.39 is 20.8 Å². The molecule has 0 aromatic heterocycles. The molecule has 20 heavy (non-hydrogen) atoms. The van der Waals surface area contributed by atoms with Crippen LogP contribution < -0.4 is 5.11 Å². The third-order valence-electron chi connectivity index (χ3n) is 2.40. The second-order valence-corrected chi connectivity index (χ2v) is 5.74. The fourth-order valence-electron chi connectivity index (χ4n) is 1.59. The zero-order valence-electron chi connectivity index (χ0n) is 9.47. The van der Waals surface area contributed by atoms with Gasteiger partial charge in [0.1, 0.15) is 15.9 Å². The molecule has 2 N–H and O–H groups in total. The number of phenolic OH excluding ortho intramolecular Hbond substituents is 1. The minimum atomic E-state index is -4.89. The summed E-state index contributed by atoms with van der Waals surface area (Å²) in [6.07, 6.45) is 0. The summed E-state index contributed by atoms with van der Waals surface area (Å²) in [5, 5.41) is 33.0. The van der Waals surface area contributed by atoms with Gasteiger partial charge in [0.05, 0.1) is 16.9 Å². The maximum absolute atomic E-state index is 11.5. The quantitative estimate of drug-likeness (QED) is 0.365. The summed E-state index contributed by atoms with van der Waals surface area (Å²) in [4.78, 5) is -0.801. The molecule has 0 saturated heterocycles. The SMILES string of the molecule is O=S(=O)([O-])c1cc2cc(SOOO)c(O)cc2cc1[O-]. The molecule has 2 aromatic rings. The molecule has 0 aliphatic carbocycles. The molecule has 0 atom stereocenters. The molecule has 2 aromatic carbocycles. The summed E-state index contributed by atoms with van der Waals surface area (Å²) >= 11 is 0.452. The van der Waals surface area contributed by atoms with E-state index in [2.05, 4.69) is 9.37 Å². The van der Waals surface area contributed by atoms with Gasteiger partial charge in [0.2, 0.25) is 0 Å². The van der Waals surface area contributed by atoms with Gasteiger partial charge in [-0.05, 0) is 29.0 Å². The van der Waals surface area contributed by atoms with Gasteiger partial charge < -0.3 is 14.8 Å². The van der Waals surface area contributed by atoms with Crippen LogP contribution in [-0.4, -0.2) is 23.3 Å². The number of rotatable bonds is 4. The fraction of sp³-hybridized carbons (Fsp3) is 0. The van der Waals surface area contributed by atoms with Gasteiger partial charge in [-0.25, -0.2) is 13.7 Å². The van der Waals surface area contributed by atoms with Crippen molar-refractivity contribution in [1.29, 1.82) is 0 Å². The summed E-state index contributed by atoms with van der Waals surface area (Å²) < 4.78 is 36.9. The van der Waals surface area contributed by atoms with E-state index >= 15 is 0 Å². The van der Waals surface area contributed by atoms with Gasteiger partial charge in [-0.1, -0.05) is 16.9 Å². The van der Waals surface area contributed by atoms with Crippen LogP contribution in [0, 0.1) is 0 Å². The number of benzene rings is 2. The van der Waals surface area contributed by atoms with Crippen LogP contribution in [-0.2, 0) is 19.5 Å². The molecule has 0 heterocycles. The van der Waals surface area contributed by atoms with Crippen LogP contribution in [0.2, 0.25) is 0 Å². The number of aromatic hydroxyl groups is 1. The Morgan fingerprint density at radius 2 is 1.80 bits per heavy atom. The van der Waals surface area contributed by atoms with E-state index in [1.54, 1.807) is 0 Å². The Morgan fingerprint density at radius 3 is 2.40 bits per heavy atom.